The molecule has 1 aromatic carbocycles. The van der Waals surface area contributed by atoms with Crippen LogP contribution in [0.3, 0.4) is 0 Å². The first kappa shape index (κ1) is 29.7. The number of hydrogen-bond acceptors (Lipinski definition) is 9. The smallest absolute Gasteiger partial charge is 0.407 e. The number of alkyl carbamates (subject to hydrolysis) is 1. The van der Waals surface area contributed by atoms with Crippen molar-refractivity contribution >= 4 is 23.7 Å². The summed E-state index contributed by atoms with van der Waals surface area (Å²) in [5, 5.41) is 14.8. The Morgan fingerprint density at radius 2 is 1.74 bits per heavy atom. The van der Waals surface area contributed by atoms with Gasteiger partial charge in [-0.05, 0) is 65.0 Å². The van der Waals surface area contributed by atoms with Crippen LogP contribution in [0.15, 0.2) is 30.5 Å². The lowest BCUT2D eigenvalue weighted by molar-refractivity contribution is -0.155. The molecule has 3 rings (SSSR count). The maximum atomic E-state index is 14.7. The molecule has 2 aromatic heterocycles. The highest BCUT2D eigenvalue weighted by Crippen LogP contribution is 2.27. The van der Waals surface area contributed by atoms with Crippen molar-refractivity contribution < 1.29 is 32.6 Å². The van der Waals surface area contributed by atoms with Crippen LogP contribution in [0.4, 0.5) is 13.6 Å². The van der Waals surface area contributed by atoms with E-state index in [-0.39, 0.29) is 35.1 Å². The number of rotatable bonds is 8. The summed E-state index contributed by atoms with van der Waals surface area (Å²) in [5.74, 6) is -2.80. The Balaban J connectivity index is 1.74. The number of pyridine rings is 1. The van der Waals surface area contributed by atoms with Gasteiger partial charge in [0.1, 0.15) is 11.2 Å². The summed E-state index contributed by atoms with van der Waals surface area (Å²) < 4.78 is 44.5. The predicted molar refractivity (Wildman–Crippen MR) is 136 cm³/mol. The van der Waals surface area contributed by atoms with Crippen molar-refractivity contribution in [2.75, 3.05) is 0 Å². The molecule has 14 heteroatoms. The van der Waals surface area contributed by atoms with Crippen molar-refractivity contribution in [2.45, 2.75) is 71.6 Å². The van der Waals surface area contributed by atoms with E-state index in [0.717, 1.165) is 16.9 Å². The van der Waals surface area contributed by atoms with Gasteiger partial charge in [-0.3, -0.25) is 4.79 Å². The molecule has 0 saturated carbocycles. The van der Waals surface area contributed by atoms with Gasteiger partial charge < -0.3 is 19.5 Å². The summed E-state index contributed by atoms with van der Waals surface area (Å²) in [7, 11) is 0. The number of aromatic nitrogens is 5. The van der Waals surface area contributed by atoms with Gasteiger partial charge in [0.25, 0.3) is 5.88 Å². The lowest BCUT2D eigenvalue weighted by atomic mass is 10.1. The molecule has 0 aliphatic carbocycles. The number of amides is 1. The molecule has 2 heterocycles. The van der Waals surface area contributed by atoms with E-state index in [1.54, 1.807) is 41.5 Å². The van der Waals surface area contributed by atoms with Gasteiger partial charge in [0.05, 0.1) is 17.1 Å². The molecule has 3 aromatic rings. The standard InChI is InChI=1S/C25H29ClF2N6O5/c1-24(2,3)38-21(35)11-15(30-23(36)39-25(4,5)6)10-20-31-33-34(32-20)16-7-8-19(17(27)12-16)37-22-18(28)9-14(26)13-29-22/h7-9,12-13,15H,10-11H2,1-6H3,(H,30,36)/t15-/m0/s1. The minimum Gasteiger partial charge on any atom is -0.460 e. The number of carbonyl (C=O) groups excluding carboxylic acids is 2. The van der Waals surface area contributed by atoms with Crippen molar-refractivity contribution in [3.63, 3.8) is 0 Å². The summed E-state index contributed by atoms with van der Waals surface area (Å²) in [6.07, 6.45) is 0.263. The van der Waals surface area contributed by atoms with Crippen LogP contribution in [-0.2, 0) is 20.7 Å². The third kappa shape index (κ3) is 9.43. The minimum absolute atomic E-state index is 0.00365. The molecule has 0 saturated heterocycles. The topological polar surface area (TPSA) is 130 Å². The molecular formula is C25H29ClF2N6O5. The van der Waals surface area contributed by atoms with Gasteiger partial charge in [-0.25, -0.2) is 18.6 Å². The maximum Gasteiger partial charge on any atom is 0.407 e. The highest BCUT2D eigenvalue weighted by molar-refractivity contribution is 6.30. The van der Waals surface area contributed by atoms with E-state index in [1.165, 1.54) is 18.3 Å². The summed E-state index contributed by atoms with van der Waals surface area (Å²) in [5.41, 5.74) is -1.28. The van der Waals surface area contributed by atoms with E-state index >= 15 is 0 Å². The van der Waals surface area contributed by atoms with Crippen molar-refractivity contribution in [2.24, 2.45) is 0 Å². The predicted octanol–water partition coefficient (Wildman–Crippen LogP) is 4.95. The first-order valence-corrected chi connectivity index (χ1v) is 12.2. The fourth-order valence-corrected chi connectivity index (χ4v) is 3.31. The van der Waals surface area contributed by atoms with E-state index in [0.29, 0.717) is 0 Å². The first-order chi connectivity index (χ1) is 18.1. The third-order valence-electron chi connectivity index (χ3n) is 4.57. The Bertz CT molecular complexity index is 1310. The highest BCUT2D eigenvalue weighted by Gasteiger charge is 2.26. The Labute approximate surface area is 228 Å². The zero-order valence-electron chi connectivity index (χ0n) is 22.3. The van der Waals surface area contributed by atoms with E-state index in [1.807, 2.05) is 0 Å². The molecular weight excluding hydrogens is 538 g/mol. The molecule has 0 unspecified atom stereocenters. The van der Waals surface area contributed by atoms with Gasteiger partial charge in [-0.2, -0.15) is 0 Å². The van der Waals surface area contributed by atoms with E-state index in [2.05, 4.69) is 25.7 Å². The fraction of sp³-hybridized carbons (Fsp3) is 0.440. The number of esters is 1. The van der Waals surface area contributed by atoms with Crippen molar-refractivity contribution in [1.82, 2.24) is 30.5 Å². The average molecular weight is 567 g/mol. The molecule has 0 aliphatic rings. The normalized spacial score (nSPS) is 12.5. The summed E-state index contributed by atoms with van der Waals surface area (Å²) in [6, 6.07) is 3.95. The Morgan fingerprint density at radius 3 is 2.36 bits per heavy atom. The van der Waals surface area contributed by atoms with Crippen molar-refractivity contribution in [3.05, 3.63) is 52.9 Å². The Morgan fingerprint density at radius 1 is 1.05 bits per heavy atom. The fourth-order valence-electron chi connectivity index (χ4n) is 3.17. The zero-order chi connectivity index (χ0) is 29.0. The van der Waals surface area contributed by atoms with Crippen LogP contribution in [0.2, 0.25) is 5.02 Å². The first-order valence-electron chi connectivity index (χ1n) is 11.9. The zero-order valence-corrected chi connectivity index (χ0v) is 23.0. The third-order valence-corrected chi connectivity index (χ3v) is 4.77. The van der Waals surface area contributed by atoms with E-state index in [4.69, 9.17) is 25.8 Å². The Hall–Kier alpha value is -3.87. The van der Waals surface area contributed by atoms with Crippen LogP contribution in [0.25, 0.3) is 5.69 Å². The summed E-state index contributed by atoms with van der Waals surface area (Å²) in [6.45, 7) is 10.3. The Kier molecular flexibility index (Phi) is 9.05. The molecule has 0 aliphatic heterocycles. The largest absolute Gasteiger partial charge is 0.460 e. The second kappa shape index (κ2) is 11.9. The molecule has 0 spiro atoms. The van der Waals surface area contributed by atoms with Gasteiger partial charge in [-0.15, -0.1) is 15.0 Å². The van der Waals surface area contributed by atoms with Gasteiger partial charge in [0, 0.05) is 24.7 Å². The number of halogens is 3. The van der Waals surface area contributed by atoms with Gasteiger partial charge in [0.2, 0.25) is 0 Å². The van der Waals surface area contributed by atoms with Crippen LogP contribution in [0.5, 0.6) is 11.6 Å². The average Bonchev–Trinajstić information content (AvgIpc) is 3.22. The second-order valence-electron chi connectivity index (χ2n) is 10.5. The molecule has 210 valence electrons. The summed E-state index contributed by atoms with van der Waals surface area (Å²) in [4.78, 5) is 29.5. The van der Waals surface area contributed by atoms with Crippen LogP contribution in [-0.4, -0.2) is 54.5 Å². The maximum absolute atomic E-state index is 14.7. The minimum atomic E-state index is -0.852. The molecule has 1 N–H and O–H groups in total. The number of nitrogens with zero attached hydrogens (tertiary/aromatic N) is 5. The molecule has 0 fully saturated rings. The number of carbonyl (C=O) groups is 2. The lowest BCUT2D eigenvalue weighted by Crippen LogP contribution is -2.42. The van der Waals surface area contributed by atoms with Crippen LogP contribution < -0.4 is 10.1 Å². The van der Waals surface area contributed by atoms with Gasteiger partial charge in [-0.1, -0.05) is 11.6 Å². The number of nitrogens with one attached hydrogen (secondary N) is 1. The SMILES string of the molecule is CC(C)(C)OC(=O)C[C@H](Cc1nnn(-c2ccc(Oc3ncc(Cl)cc3F)c(F)c2)n1)NC(=O)OC(C)(C)C. The van der Waals surface area contributed by atoms with Crippen LogP contribution >= 0.6 is 11.6 Å². The number of tetrazole rings is 1. The van der Waals surface area contributed by atoms with Gasteiger partial charge >= 0.3 is 12.1 Å². The van der Waals surface area contributed by atoms with Crippen molar-refractivity contribution in [3.8, 4) is 17.3 Å². The van der Waals surface area contributed by atoms with Crippen LogP contribution in [0, 0.1) is 11.6 Å². The number of benzene rings is 1. The van der Waals surface area contributed by atoms with E-state index in [9.17, 15) is 18.4 Å². The molecule has 39 heavy (non-hydrogen) atoms. The number of hydrogen-bond donors (Lipinski definition) is 1. The van der Waals surface area contributed by atoms with Crippen LogP contribution in [0.1, 0.15) is 53.8 Å². The molecule has 1 atom stereocenters. The van der Waals surface area contributed by atoms with Crippen molar-refractivity contribution in [1.29, 1.82) is 0 Å². The van der Waals surface area contributed by atoms with E-state index < -0.39 is 46.8 Å². The molecule has 11 nitrogen and oxygen atoms in total. The molecule has 1 amide bonds. The molecule has 0 radical (unpaired) electrons. The lowest BCUT2D eigenvalue weighted by Gasteiger charge is -2.24. The summed E-state index contributed by atoms with van der Waals surface area (Å²) >= 11 is 5.67. The monoisotopic (exact) mass is 566 g/mol. The second-order valence-corrected chi connectivity index (χ2v) is 10.9. The molecule has 0 bridgehead atoms. The highest BCUT2D eigenvalue weighted by atomic mass is 35.5. The quantitative estimate of drug-likeness (QED) is 0.376. The van der Waals surface area contributed by atoms with Gasteiger partial charge in [0.15, 0.2) is 23.2 Å². The number of ether oxygens (including phenoxy) is 3.